The average Bonchev–Trinajstić information content (AvgIpc) is 2.73. The summed E-state index contributed by atoms with van der Waals surface area (Å²) in [5.74, 6) is 0.400. The highest BCUT2D eigenvalue weighted by Crippen LogP contribution is 2.21. The molecule has 2 N–H and O–H groups in total. The van der Waals surface area contributed by atoms with Crippen molar-refractivity contribution < 1.29 is 9.53 Å². The van der Waals surface area contributed by atoms with Crippen LogP contribution in [0.1, 0.15) is 11.1 Å². The summed E-state index contributed by atoms with van der Waals surface area (Å²) in [4.78, 5) is 12.0. The number of halogens is 2. The van der Waals surface area contributed by atoms with Crippen molar-refractivity contribution in [2.75, 3.05) is 11.9 Å². The summed E-state index contributed by atoms with van der Waals surface area (Å²) in [6.07, 6.45) is 1.56. The highest BCUT2D eigenvalue weighted by molar-refractivity contribution is 9.10. The van der Waals surface area contributed by atoms with E-state index in [2.05, 4.69) is 31.8 Å². The van der Waals surface area contributed by atoms with Gasteiger partial charge < -0.3 is 10.1 Å². The Morgan fingerprint density at radius 1 is 1.03 bits per heavy atom. The third kappa shape index (κ3) is 6.62. The molecule has 0 atom stereocenters. The monoisotopic (exact) mass is 471 g/mol. The molecule has 148 valence electrons. The van der Waals surface area contributed by atoms with Crippen molar-refractivity contribution >= 4 is 45.3 Å². The van der Waals surface area contributed by atoms with Crippen LogP contribution in [-0.4, -0.2) is 18.7 Å². The van der Waals surface area contributed by atoms with E-state index in [4.69, 9.17) is 16.3 Å². The van der Waals surface area contributed by atoms with E-state index in [1.165, 1.54) is 0 Å². The fraction of sp³-hybridized carbons (Fsp3) is 0.0909. The Morgan fingerprint density at radius 2 is 1.76 bits per heavy atom. The van der Waals surface area contributed by atoms with Gasteiger partial charge in [0.1, 0.15) is 12.4 Å². The number of carbonyl (C=O) groups is 1. The van der Waals surface area contributed by atoms with Gasteiger partial charge in [-0.15, -0.1) is 0 Å². The Balaban J connectivity index is 1.53. The lowest BCUT2D eigenvalue weighted by Crippen LogP contribution is -2.25. The molecule has 0 aromatic heterocycles. The van der Waals surface area contributed by atoms with Crippen LogP contribution in [0.3, 0.4) is 0 Å². The number of hydrazone groups is 1. The minimum Gasteiger partial charge on any atom is -0.488 e. The summed E-state index contributed by atoms with van der Waals surface area (Å²) in [6.45, 7) is 0.456. The first kappa shape index (κ1) is 20.9. The van der Waals surface area contributed by atoms with E-state index < -0.39 is 0 Å². The molecule has 0 radical (unpaired) electrons. The van der Waals surface area contributed by atoms with E-state index in [0.29, 0.717) is 17.4 Å². The van der Waals surface area contributed by atoms with Gasteiger partial charge in [0, 0.05) is 26.3 Å². The van der Waals surface area contributed by atoms with Gasteiger partial charge in [-0.25, -0.2) is 5.43 Å². The van der Waals surface area contributed by atoms with E-state index in [-0.39, 0.29) is 12.5 Å². The number of nitrogens with zero attached hydrogens (tertiary/aromatic N) is 1. The zero-order chi connectivity index (χ0) is 20.5. The molecule has 0 unspecified atom stereocenters. The summed E-state index contributed by atoms with van der Waals surface area (Å²) in [5, 5.41) is 7.71. The molecule has 0 saturated carbocycles. The van der Waals surface area contributed by atoms with Crippen LogP contribution in [0, 0.1) is 0 Å². The van der Waals surface area contributed by atoms with E-state index >= 15 is 0 Å². The fourth-order valence-corrected chi connectivity index (χ4v) is 2.91. The van der Waals surface area contributed by atoms with Gasteiger partial charge in [-0.2, -0.15) is 5.10 Å². The highest BCUT2D eigenvalue weighted by atomic mass is 79.9. The summed E-state index contributed by atoms with van der Waals surface area (Å²) in [7, 11) is 0. The summed E-state index contributed by atoms with van der Waals surface area (Å²) in [5.41, 5.74) is 5.00. The van der Waals surface area contributed by atoms with Crippen LogP contribution in [0.15, 0.2) is 82.4 Å². The zero-order valence-corrected chi connectivity index (χ0v) is 17.8. The number of hydrogen-bond donors (Lipinski definition) is 2. The SMILES string of the molecule is O=C(CNc1ccc(Br)cc1)N/N=C\c1ccccc1OCc1ccccc1Cl. The Morgan fingerprint density at radius 3 is 2.55 bits per heavy atom. The number of anilines is 1. The van der Waals surface area contributed by atoms with E-state index in [1.807, 2.05) is 72.8 Å². The van der Waals surface area contributed by atoms with Gasteiger partial charge in [-0.05, 0) is 42.5 Å². The van der Waals surface area contributed by atoms with Crippen LogP contribution in [0.2, 0.25) is 5.02 Å². The summed E-state index contributed by atoms with van der Waals surface area (Å²) < 4.78 is 6.85. The number of rotatable bonds is 8. The maximum Gasteiger partial charge on any atom is 0.259 e. The van der Waals surface area contributed by atoms with Crippen molar-refractivity contribution in [3.05, 3.63) is 93.4 Å². The average molecular weight is 473 g/mol. The van der Waals surface area contributed by atoms with Crippen LogP contribution in [0.25, 0.3) is 0 Å². The first-order valence-electron chi connectivity index (χ1n) is 8.88. The molecule has 3 aromatic carbocycles. The van der Waals surface area contributed by atoms with Gasteiger partial charge in [-0.1, -0.05) is 57.9 Å². The lowest BCUT2D eigenvalue weighted by molar-refractivity contribution is -0.119. The minimum atomic E-state index is -0.251. The van der Waals surface area contributed by atoms with Crippen LogP contribution in [-0.2, 0) is 11.4 Å². The first-order valence-corrected chi connectivity index (χ1v) is 10.1. The van der Waals surface area contributed by atoms with Crippen LogP contribution < -0.4 is 15.5 Å². The molecule has 3 aromatic rings. The molecule has 29 heavy (non-hydrogen) atoms. The fourth-order valence-electron chi connectivity index (χ4n) is 2.45. The van der Waals surface area contributed by atoms with Crippen molar-refractivity contribution in [2.45, 2.75) is 6.61 Å². The van der Waals surface area contributed by atoms with Gasteiger partial charge in [0.15, 0.2) is 0 Å². The molecule has 1 amide bonds. The lowest BCUT2D eigenvalue weighted by Gasteiger charge is -2.10. The maximum absolute atomic E-state index is 12.0. The number of ether oxygens (including phenoxy) is 1. The van der Waals surface area contributed by atoms with Gasteiger partial charge in [0.25, 0.3) is 5.91 Å². The van der Waals surface area contributed by atoms with Crippen molar-refractivity contribution in [2.24, 2.45) is 5.10 Å². The number of carbonyl (C=O) groups excluding carboxylic acids is 1. The van der Waals surface area contributed by atoms with Gasteiger partial charge in [0.2, 0.25) is 0 Å². The standard InChI is InChI=1S/C22H19BrClN3O2/c23-18-9-11-19(12-10-18)25-14-22(28)27-26-13-16-5-2-4-8-21(16)29-15-17-6-1-3-7-20(17)24/h1-13,25H,14-15H2,(H,27,28)/b26-13-. The molecule has 7 heteroatoms. The van der Waals surface area contributed by atoms with Crippen LogP contribution in [0.4, 0.5) is 5.69 Å². The van der Waals surface area contributed by atoms with Gasteiger partial charge >= 0.3 is 0 Å². The molecular weight excluding hydrogens is 454 g/mol. The Labute approximate surface area is 182 Å². The number of nitrogens with one attached hydrogen (secondary N) is 2. The molecule has 0 aliphatic heterocycles. The number of hydrogen-bond acceptors (Lipinski definition) is 4. The van der Waals surface area contributed by atoms with Crippen LogP contribution in [0.5, 0.6) is 5.75 Å². The molecule has 0 bridgehead atoms. The molecule has 0 spiro atoms. The van der Waals surface area contributed by atoms with Gasteiger partial charge in [0.05, 0.1) is 12.8 Å². The molecular formula is C22H19BrClN3O2. The second-order valence-corrected chi connectivity index (χ2v) is 7.39. The number of benzene rings is 3. The molecule has 5 nitrogen and oxygen atoms in total. The Bertz CT molecular complexity index is 993. The highest BCUT2D eigenvalue weighted by Gasteiger charge is 2.04. The van der Waals surface area contributed by atoms with Crippen molar-refractivity contribution in [3.63, 3.8) is 0 Å². The molecule has 0 aliphatic carbocycles. The smallest absolute Gasteiger partial charge is 0.259 e. The minimum absolute atomic E-state index is 0.115. The predicted octanol–water partition coefficient (Wildman–Crippen LogP) is 5.24. The van der Waals surface area contributed by atoms with Crippen molar-refractivity contribution in [1.29, 1.82) is 0 Å². The predicted molar refractivity (Wildman–Crippen MR) is 121 cm³/mol. The molecule has 0 saturated heterocycles. The van der Waals surface area contributed by atoms with E-state index in [1.54, 1.807) is 6.21 Å². The first-order chi connectivity index (χ1) is 14.1. The molecule has 3 rings (SSSR count). The topological polar surface area (TPSA) is 62.7 Å². The number of para-hydroxylation sites is 1. The van der Waals surface area contributed by atoms with Crippen LogP contribution >= 0.6 is 27.5 Å². The molecule has 0 fully saturated rings. The second-order valence-electron chi connectivity index (χ2n) is 6.07. The molecule has 0 aliphatic rings. The Kier molecular flexibility index (Phi) is 7.67. The van der Waals surface area contributed by atoms with Crippen molar-refractivity contribution in [1.82, 2.24) is 5.43 Å². The Hall–Kier alpha value is -2.83. The third-order valence-electron chi connectivity index (χ3n) is 3.95. The normalized spacial score (nSPS) is 10.7. The second kappa shape index (κ2) is 10.6. The summed E-state index contributed by atoms with van der Waals surface area (Å²) in [6, 6.07) is 22.5. The lowest BCUT2D eigenvalue weighted by atomic mass is 10.2. The maximum atomic E-state index is 12.0. The van der Waals surface area contributed by atoms with Crippen molar-refractivity contribution in [3.8, 4) is 5.75 Å². The van der Waals surface area contributed by atoms with E-state index in [9.17, 15) is 4.79 Å². The zero-order valence-electron chi connectivity index (χ0n) is 15.4. The third-order valence-corrected chi connectivity index (χ3v) is 4.85. The summed E-state index contributed by atoms with van der Waals surface area (Å²) >= 11 is 9.54. The molecule has 0 heterocycles. The quantitative estimate of drug-likeness (QED) is 0.348. The van der Waals surface area contributed by atoms with E-state index in [0.717, 1.165) is 21.3 Å². The number of amides is 1. The van der Waals surface area contributed by atoms with Gasteiger partial charge in [-0.3, -0.25) is 4.79 Å². The largest absolute Gasteiger partial charge is 0.488 e.